The number of benzene rings is 1. The summed E-state index contributed by atoms with van der Waals surface area (Å²) >= 11 is 3.38. The van der Waals surface area contributed by atoms with Crippen molar-refractivity contribution in [1.29, 1.82) is 0 Å². The van der Waals surface area contributed by atoms with Gasteiger partial charge in [0.15, 0.2) is 6.10 Å². The molecule has 1 amide bonds. The average molecular weight is 324 g/mol. The first-order valence-corrected chi connectivity index (χ1v) is 6.57. The number of amides is 1. The van der Waals surface area contributed by atoms with Crippen molar-refractivity contribution in [3.05, 3.63) is 41.0 Å². The minimum absolute atomic E-state index is 0.223. The number of hydrogen-bond acceptors (Lipinski definition) is 3. The standard InChI is InChI=1S/C13H14BrN3O2/c1-9(19-11-6-4-3-5-10(11)14)13(18)16-12-7-8-15-17(12)2/h3-9H,1-2H3,(H,16,18)/t9-/m0/s1. The Kier molecular flexibility index (Phi) is 4.21. The minimum Gasteiger partial charge on any atom is -0.480 e. The molecule has 6 heteroatoms. The van der Waals surface area contributed by atoms with Crippen LogP contribution in [0.25, 0.3) is 0 Å². The molecule has 2 rings (SSSR count). The topological polar surface area (TPSA) is 56.1 Å². The zero-order chi connectivity index (χ0) is 13.8. The number of para-hydroxylation sites is 1. The molecule has 1 aromatic carbocycles. The van der Waals surface area contributed by atoms with Gasteiger partial charge in [0.1, 0.15) is 11.6 Å². The fraction of sp³-hybridized carbons (Fsp3) is 0.231. The molecule has 5 nitrogen and oxygen atoms in total. The van der Waals surface area contributed by atoms with Crippen LogP contribution in [0.4, 0.5) is 5.82 Å². The first-order chi connectivity index (χ1) is 9.08. The van der Waals surface area contributed by atoms with E-state index in [1.807, 2.05) is 18.2 Å². The van der Waals surface area contributed by atoms with Crippen LogP contribution in [0.15, 0.2) is 41.0 Å². The van der Waals surface area contributed by atoms with Gasteiger partial charge in [-0.05, 0) is 35.0 Å². The van der Waals surface area contributed by atoms with Crippen molar-refractivity contribution in [2.75, 3.05) is 5.32 Å². The molecular formula is C13H14BrN3O2. The second-order valence-corrected chi connectivity index (χ2v) is 4.87. The summed E-state index contributed by atoms with van der Waals surface area (Å²) in [5, 5.41) is 6.73. The van der Waals surface area contributed by atoms with Gasteiger partial charge in [-0.3, -0.25) is 9.48 Å². The molecular weight excluding hydrogens is 310 g/mol. The summed E-state index contributed by atoms with van der Waals surface area (Å²) < 4.78 is 8.01. The minimum atomic E-state index is -0.603. The molecule has 0 saturated carbocycles. The zero-order valence-corrected chi connectivity index (χ0v) is 12.2. The SMILES string of the molecule is C[C@H](Oc1ccccc1Br)C(=O)Nc1ccnn1C. The fourth-order valence-corrected chi connectivity index (χ4v) is 1.89. The van der Waals surface area contributed by atoms with Crippen LogP contribution in [0.1, 0.15) is 6.92 Å². The maximum Gasteiger partial charge on any atom is 0.266 e. The van der Waals surface area contributed by atoms with Gasteiger partial charge in [-0.1, -0.05) is 12.1 Å². The smallest absolute Gasteiger partial charge is 0.266 e. The zero-order valence-electron chi connectivity index (χ0n) is 10.6. The first kappa shape index (κ1) is 13.6. The van der Waals surface area contributed by atoms with Gasteiger partial charge in [0.2, 0.25) is 0 Å². The second-order valence-electron chi connectivity index (χ2n) is 4.02. The van der Waals surface area contributed by atoms with Gasteiger partial charge >= 0.3 is 0 Å². The molecule has 0 saturated heterocycles. The van der Waals surface area contributed by atoms with Gasteiger partial charge in [-0.25, -0.2) is 0 Å². The van der Waals surface area contributed by atoms with Crippen LogP contribution in [-0.2, 0) is 11.8 Å². The van der Waals surface area contributed by atoms with Gasteiger partial charge in [0.05, 0.1) is 10.7 Å². The second kappa shape index (κ2) is 5.88. The van der Waals surface area contributed by atoms with Crippen molar-refractivity contribution < 1.29 is 9.53 Å². The van der Waals surface area contributed by atoms with E-state index >= 15 is 0 Å². The van der Waals surface area contributed by atoms with Gasteiger partial charge < -0.3 is 10.1 Å². The van der Waals surface area contributed by atoms with Crippen LogP contribution >= 0.6 is 15.9 Å². The number of carbonyl (C=O) groups excluding carboxylic acids is 1. The molecule has 1 atom stereocenters. The fourth-order valence-electron chi connectivity index (χ4n) is 1.51. The van der Waals surface area contributed by atoms with E-state index in [1.165, 1.54) is 0 Å². The quantitative estimate of drug-likeness (QED) is 0.940. The number of aromatic nitrogens is 2. The number of halogens is 1. The third-order valence-electron chi connectivity index (χ3n) is 2.58. The lowest BCUT2D eigenvalue weighted by atomic mass is 10.3. The largest absolute Gasteiger partial charge is 0.480 e. The normalized spacial score (nSPS) is 11.9. The highest BCUT2D eigenvalue weighted by atomic mass is 79.9. The Morgan fingerprint density at radius 3 is 2.79 bits per heavy atom. The van der Waals surface area contributed by atoms with Crippen molar-refractivity contribution in [3.63, 3.8) is 0 Å². The summed E-state index contributed by atoms with van der Waals surface area (Å²) in [6, 6.07) is 9.13. The summed E-state index contributed by atoms with van der Waals surface area (Å²) in [5.74, 6) is 1.04. The van der Waals surface area contributed by atoms with Crippen molar-refractivity contribution in [3.8, 4) is 5.75 Å². The lowest BCUT2D eigenvalue weighted by molar-refractivity contribution is -0.122. The van der Waals surface area contributed by atoms with Crippen LogP contribution in [0, 0.1) is 0 Å². The average Bonchev–Trinajstić information content (AvgIpc) is 2.78. The molecule has 0 aliphatic heterocycles. The Labute approximate surface area is 119 Å². The summed E-state index contributed by atoms with van der Waals surface area (Å²) in [6.07, 6.45) is 1.02. The number of anilines is 1. The number of nitrogens with zero attached hydrogens (tertiary/aromatic N) is 2. The van der Waals surface area contributed by atoms with Crippen LogP contribution in [0.3, 0.4) is 0 Å². The highest BCUT2D eigenvalue weighted by Crippen LogP contribution is 2.25. The molecule has 0 aliphatic rings. The predicted octanol–water partition coefficient (Wildman–Crippen LogP) is 2.59. The van der Waals surface area contributed by atoms with Crippen LogP contribution in [0.5, 0.6) is 5.75 Å². The van der Waals surface area contributed by atoms with E-state index in [2.05, 4.69) is 26.3 Å². The highest BCUT2D eigenvalue weighted by molar-refractivity contribution is 9.10. The number of ether oxygens (including phenoxy) is 1. The van der Waals surface area contributed by atoms with E-state index < -0.39 is 6.10 Å². The van der Waals surface area contributed by atoms with E-state index in [1.54, 1.807) is 37.0 Å². The highest BCUT2D eigenvalue weighted by Gasteiger charge is 2.16. The van der Waals surface area contributed by atoms with Crippen molar-refractivity contribution in [2.45, 2.75) is 13.0 Å². The Balaban J connectivity index is 2.00. The van der Waals surface area contributed by atoms with Crippen molar-refractivity contribution >= 4 is 27.7 Å². The Bertz CT molecular complexity index is 583. The lowest BCUT2D eigenvalue weighted by Gasteiger charge is -2.15. The van der Waals surface area contributed by atoms with E-state index in [0.29, 0.717) is 11.6 Å². The van der Waals surface area contributed by atoms with Gasteiger partial charge in [0.25, 0.3) is 5.91 Å². The maximum absolute atomic E-state index is 12.0. The van der Waals surface area contributed by atoms with E-state index in [-0.39, 0.29) is 5.91 Å². The molecule has 19 heavy (non-hydrogen) atoms. The van der Waals surface area contributed by atoms with E-state index in [0.717, 1.165) is 4.47 Å². The summed E-state index contributed by atoms with van der Waals surface area (Å²) in [4.78, 5) is 12.0. The van der Waals surface area contributed by atoms with Crippen LogP contribution < -0.4 is 10.1 Å². The molecule has 0 spiro atoms. The van der Waals surface area contributed by atoms with Crippen LogP contribution in [0.2, 0.25) is 0 Å². The predicted molar refractivity (Wildman–Crippen MR) is 76.1 cm³/mol. The van der Waals surface area contributed by atoms with Gasteiger partial charge in [0, 0.05) is 13.1 Å². The molecule has 0 bridgehead atoms. The first-order valence-electron chi connectivity index (χ1n) is 5.78. The van der Waals surface area contributed by atoms with Crippen molar-refractivity contribution in [2.24, 2.45) is 7.05 Å². The lowest BCUT2D eigenvalue weighted by Crippen LogP contribution is -2.30. The molecule has 1 aromatic heterocycles. The van der Waals surface area contributed by atoms with Crippen LogP contribution in [-0.4, -0.2) is 21.8 Å². The molecule has 0 fully saturated rings. The van der Waals surface area contributed by atoms with Gasteiger partial charge in [-0.15, -0.1) is 0 Å². The molecule has 1 N–H and O–H groups in total. The number of aryl methyl sites for hydroxylation is 1. The Morgan fingerprint density at radius 1 is 1.42 bits per heavy atom. The summed E-state index contributed by atoms with van der Waals surface area (Å²) in [6.45, 7) is 1.70. The maximum atomic E-state index is 12.0. The Morgan fingerprint density at radius 2 is 2.16 bits per heavy atom. The van der Waals surface area contributed by atoms with E-state index in [9.17, 15) is 4.79 Å². The van der Waals surface area contributed by atoms with Crippen molar-refractivity contribution in [1.82, 2.24) is 9.78 Å². The molecule has 100 valence electrons. The number of carbonyl (C=O) groups is 1. The molecule has 0 radical (unpaired) electrons. The monoisotopic (exact) mass is 323 g/mol. The molecule has 0 aliphatic carbocycles. The number of hydrogen-bond donors (Lipinski definition) is 1. The number of nitrogens with one attached hydrogen (secondary N) is 1. The number of rotatable bonds is 4. The third-order valence-corrected chi connectivity index (χ3v) is 3.24. The summed E-state index contributed by atoms with van der Waals surface area (Å²) in [5.41, 5.74) is 0. The molecule has 1 heterocycles. The summed E-state index contributed by atoms with van der Waals surface area (Å²) in [7, 11) is 1.76. The Hall–Kier alpha value is -1.82. The molecule has 2 aromatic rings. The van der Waals surface area contributed by atoms with E-state index in [4.69, 9.17) is 4.74 Å². The van der Waals surface area contributed by atoms with Gasteiger partial charge in [-0.2, -0.15) is 5.10 Å². The third kappa shape index (κ3) is 3.35. The molecule has 0 unspecified atom stereocenters.